The molecule has 25 heavy (non-hydrogen) atoms. The number of benzene rings is 1. The molecule has 2 heterocycles. The van der Waals surface area contributed by atoms with E-state index in [1.807, 2.05) is 19.1 Å². The highest BCUT2D eigenvalue weighted by Gasteiger charge is 2.41. The quantitative estimate of drug-likeness (QED) is 0.598. The van der Waals surface area contributed by atoms with Crippen LogP contribution >= 0.6 is 11.6 Å². The van der Waals surface area contributed by atoms with Crippen LogP contribution in [0.25, 0.3) is 0 Å². The highest BCUT2D eigenvalue weighted by molar-refractivity contribution is 6.32. The van der Waals surface area contributed by atoms with Crippen molar-refractivity contribution in [3.05, 3.63) is 22.7 Å². The van der Waals surface area contributed by atoms with E-state index in [4.69, 9.17) is 25.8 Å². The normalized spacial score (nSPS) is 25.1. The fraction of sp³-hybridized carbons (Fsp3) is 0.611. The molecule has 1 aromatic carbocycles. The number of hydrogen-bond donors (Lipinski definition) is 2. The Bertz CT molecular complexity index is 638. The first-order valence-electron chi connectivity index (χ1n) is 8.76. The van der Waals surface area contributed by atoms with E-state index in [0.717, 1.165) is 24.4 Å². The van der Waals surface area contributed by atoms with Crippen LogP contribution in [0, 0.1) is 0 Å². The Kier molecular flexibility index (Phi) is 5.91. The van der Waals surface area contributed by atoms with Gasteiger partial charge in [-0.15, -0.1) is 0 Å². The fourth-order valence-corrected chi connectivity index (χ4v) is 3.79. The molecule has 2 N–H and O–H groups in total. The Morgan fingerprint density at radius 3 is 2.84 bits per heavy atom. The van der Waals surface area contributed by atoms with Crippen molar-refractivity contribution in [3.8, 4) is 11.5 Å². The van der Waals surface area contributed by atoms with Crippen molar-refractivity contribution in [2.24, 2.45) is 4.99 Å². The van der Waals surface area contributed by atoms with Gasteiger partial charge in [0.25, 0.3) is 0 Å². The average Bonchev–Trinajstić information content (AvgIpc) is 3.23. The summed E-state index contributed by atoms with van der Waals surface area (Å²) in [7, 11) is 3.39. The Hall–Kier alpha value is -1.66. The molecule has 0 spiro atoms. The van der Waals surface area contributed by atoms with Crippen LogP contribution in [0.4, 0.5) is 0 Å². The number of hydrogen-bond acceptors (Lipinski definition) is 4. The van der Waals surface area contributed by atoms with Gasteiger partial charge in [-0.25, -0.2) is 0 Å². The maximum absolute atomic E-state index is 6.33. The fourth-order valence-electron chi connectivity index (χ4n) is 3.51. The lowest BCUT2D eigenvalue weighted by Crippen LogP contribution is -2.47. The molecule has 0 saturated carbocycles. The molecule has 138 valence electrons. The third-order valence-corrected chi connectivity index (χ3v) is 4.97. The van der Waals surface area contributed by atoms with Crippen molar-refractivity contribution in [2.75, 3.05) is 20.8 Å². The van der Waals surface area contributed by atoms with Gasteiger partial charge in [0.1, 0.15) is 0 Å². The molecule has 0 amide bonds. The second-order valence-electron chi connectivity index (χ2n) is 6.33. The van der Waals surface area contributed by atoms with E-state index < -0.39 is 0 Å². The van der Waals surface area contributed by atoms with Gasteiger partial charge < -0.3 is 24.8 Å². The molecule has 3 rings (SSSR count). The number of methoxy groups -OCH3 is 1. The van der Waals surface area contributed by atoms with Gasteiger partial charge in [-0.1, -0.05) is 11.6 Å². The lowest BCUT2D eigenvalue weighted by molar-refractivity contribution is 0.0992. The molecule has 1 aromatic rings. The van der Waals surface area contributed by atoms with Crippen molar-refractivity contribution < 1.29 is 14.2 Å². The molecule has 2 fully saturated rings. The number of nitrogens with one attached hydrogen (secondary N) is 2. The molecular weight excluding hydrogens is 342 g/mol. The number of guanidine groups is 1. The molecule has 3 atom stereocenters. The van der Waals surface area contributed by atoms with E-state index in [2.05, 4.69) is 15.6 Å². The van der Waals surface area contributed by atoms with Gasteiger partial charge in [0, 0.05) is 13.6 Å². The lowest BCUT2D eigenvalue weighted by atomic mass is 9.96. The first-order valence-corrected chi connectivity index (χ1v) is 9.14. The molecule has 6 nitrogen and oxygen atoms in total. The van der Waals surface area contributed by atoms with Crippen LogP contribution in [0.1, 0.15) is 31.7 Å². The highest BCUT2D eigenvalue weighted by Crippen LogP contribution is 2.36. The summed E-state index contributed by atoms with van der Waals surface area (Å²) >= 11 is 6.33. The number of nitrogens with zero attached hydrogens (tertiary/aromatic N) is 1. The van der Waals surface area contributed by atoms with Crippen molar-refractivity contribution in [2.45, 2.75) is 51.0 Å². The lowest BCUT2D eigenvalue weighted by Gasteiger charge is -2.23. The van der Waals surface area contributed by atoms with Gasteiger partial charge in [-0.2, -0.15) is 0 Å². The second-order valence-corrected chi connectivity index (χ2v) is 6.74. The van der Waals surface area contributed by atoms with E-state index in [0.29, 0.717) is 47.9 Å². The number of rotatable bonds is 6. The number of fused-ring (bicyclic) bond motifs is 2. The topological polar surface area (TPSA) is 64.1 Å². The minimum Gasteiger partial charge on any atom is -0.493 e. The zero-order valence-corrected chi connectivity index (χ0v) is 15.7. The summed E-state index contributed by atoms with van der Waals surface area (Å²) in [6.45, 7) is 3.04. The summed E-state index contributed by atoms with van der Waals surface area (Å²) in [5, 5.41) is 7.34. The minimum atomic E-state index is 0.309. The molecule has 2 saturated heterocycles. The standard InChI is InChI=1S/C18H26ClN3O3/c1-4-24-17-13(19)7-11(8-16(17)23-3)10-21-18(20-2)22-14-9-12-5-6-15(14)25-12/h7-8,12,14-15H,4-6,9-10H2,1-3H3,(H2,20,21,22). The van der Waals surface area contributed by atoms with Gasteiger partial charge in [-0.3, -0.25) is 4.99 Å². The Balaban J connectivity index is 1.60. The maximum Gasteiger partial charge on any atom is 0.191 e. The van der Waals surface area contributed by atoms with Crippen LogP contribution < -0.4 is 20.1 Å². The molecule has 0 aromatic heterocycles. The van der Waals surface area contributed by atoms with E-state index in [9.17, 15) is 0 Å². The number of halogens is 1. The highest BCUT2D eigenvalue weighted by atomic mass is 35.5. The van der Waals surface area contributed by atoms with Crippen molar-refractivity contribution >= 4 is 17.6 Å². The summed E-state index contributed by atoms with van der Waals surface area (Å²) < 4.78 is 16.8. The minimum absolute atomic E-state index is 0.309. The number of ether oxygens (including phenoxy) is 3. The molecule has 2 bridgehead atoms. The SMILES string of the molecule is CCOc1c(Cl)cc(CNC(=NC)NC2CC3CCC2O3)cc1OC. The first kappa shape index (κ1) is 18.1. The number of aliphatic imine (C=N–C) groups is 1. The Morgan fingerprint density at radius 2 is 2.24 bits per heavy atom. The van der Waals surface area contributed by atoms with Crippen molar-refractivity contribution in [1.29, 1.82) is 0 Å². The zero-order valence-electron chi connectivity index (χ0n) is 15.0. The van der Waals surface area contributed by atoms with Crippen LogP contribution in [0.5, 0.6) is 11.5 Å². The second kappa shape index (κ2) is 8.15. The van der Waals surface area contributed by atoms with Crippen LogP contribution in [-0.2, 0) is 11.3 Å². The van der Waals surface area contributed by atoms with Gasteiger partial charge in [0.15, 0.2) is 17.5 Å². The Labute approximate surface area is 153 Å². The summed E-state index contributed by atoms with van der Waals surface area (Å²) in [5.41, 5.74) is 0.998. The largest absolute Gasteiger partial charge is 0.493 e. The summed E-state index contributed by atoms with van der Waals surface area (Å²) in [5.74, 6) is 1.98. The van der Waals surface area contributed by atoms with Crippen molar-refractivity contribution in [3.63, 3.8) is 0 Å². The monoisotopic (exact) mass is 367 g/mol. The third-order valence-electron chi connectivity index (χ3n) is 4.69. The molecule has 2 aliphatic heterocycles. The maximum atomic E-state index is 6.33. The molecule has 7 heteroatoms. The Morgan fingerprint density at radius 1 is 1.40 bits per heavy atom. The predicted octanol–water partition coefficient (Wildman–Crippen LogP) is 2.73. The van der Waals surface area contributed by atoms with Gasteiger partial charge in [-0.05, 0) is 43.9 Å². The summed E-state index contributed by atoms with van der Waals surface area (Å²) in [6.07, 6.45) is 4.08. The van der Waals surface area contributed by atoms with Gasteiger partial charge >= 0.3 is 0 Å². The van der Waals surface area contributed by atoms with Gasteiger partial charge in [0.2, 0.25) is 0 Å². The average molecular weight is 368 g/mol. The molecule has 0 aliphatic carbocycles. The van der Waals surface area contributed by atoms with Crippen LogP contribution in [0.2, 0.25) is 5.02 Å². The van der Waals surface area contributed by atoms with Crippen LogP contribution in [-0.4, -0.2) is 45.0 Å². The van der Waals surface area contributed by atoms with Crippen molar-refractivity contribution in [1.82, 2.24) is 10.6 Å². The van der Waals surface area contributed by atoms with E-state index in [1.54, 1.807) is 14.2 Å². The van der Waals surface area contributed by atoms with E-state index >= 15 is 0 Å². The smallest absolute Gasteiger partial charge is 0.191 e. The van der Waals surface area contributed by atoms with Crippen LogP contribution in [0.15, 0.2) is 17.1 Å². The van der Waals surface area contributed by atoms with E-state index in [-0.39, 0.29) is 0 Å². The van der Waals surface area contributed by atoms with Crippen LogP contribution in [0.3, 0.4) is 0 Å². The first-order chi connectivity index (χ1) is 12.1. The van der Waals surface area contributed by atoms with E-state index in [1.165, 1.54) is 6.42 Å². The zero-order chi connectivity index (χ0) is 17.8. The summed E-state index contributed by atoms with van der Waals surface area (Å²) in [4.78, 5) is 4.31. The molecule has 0 radical (unpaired) electrons. The molecule has 3 unspecified atom stereocenters. The predicted molar refractivity (Wildman–Crippen MR) is 98.8 cm³/mol. The summed E-state index contributed by atoms with van der Waals surface area (Å²) in [6, 6.07) is 4.15. The third kappa shape index (κ3) is 4.12. The molecule has 2 aliphatic rings. The van der Waals surface area contributed by atoms with Gasteiger partial charge in [0.05, 0.1) is 37.0 Å². The molecular formula is C18H26ClN3O3.